The van der Waals surface area contributed by atoms with Crippen LogP contribution in [0.25, 0.3) is 0 Å². The number of ether oxygens (including phenoxy) is 1. The molecule has 0 saturated carbocycles. The van der Waals surface area contributed by atoms with Crippen LogP contribution in [0.5, 0.6) is 0 Å². The zero-order chi connectivity index (χ0) is 15.0. The van der Waals surface area contributed by atoms with E-state index in [9.17, 15) is 4.79 Å². The second-order valence-electron chi connectivity index (χ2n) is 4.68. The van der Waals surface area contributed by atoms with Crippen molar-refractivity contribution in [3.8, 4) is 0 Å². The van der Waals surface area contributed by atoms with Gasteiger partial charge in [0.15, 0.2) is 0 Å². The Morgan fingerprint density at radius 2 is 2.20 bits per heavy atom. The highest BCUT2D eigenvalue weighted by molar-refractivity contribution is 9.10. The summed E-state index contributed by atoms with van der Waals surface area (Å²) in [6.07, 6.45) is 3.75. The standard InChI is InChI=1S/C14H22BrN3O2/c1-10(2)20-7-5-4-6-17-14(19)12-8-11(15)9-18-13(12)16-3/h8-10H,4-7H2,1-3H3,(H,16,18)(H,17,19). The Hall–Kier alpha value is -1.14. The van der Waals surface area contributed by atoms with Crippen molar-refractivity contribution in [2.45, 2.75) is 32.8 Å². The highest BCUT2D eigenvalue weighted by Crippen LogP contribution is 2.17. The smallest absolute Gasteiger partial charge is 0.255 e. The lowest BCUT2D eigenvalue weighted by Crippen LogP contribution is -2.25. The van der Waals surface area contributed by atoms with Gasteiger partial charge in [-0.05, 0) is 48.7 Å². The van der Waals surface area contributed by atoms with Crippen LogP contribution in [-0.2, 0) is 4.74 Å². The van der Waals surface area contributed by atoms with Crippen LogP contribution < -0.4 is 10.6 Å². The van der Waals surface area contributed by atoms with Gasteiger partial charge in [0.1, 0.15) is 5.82 Å². The van der Waals surface area contributed by atoms with Crippen LogP contribution in [0, 0.1) is 0 Å². The number of rotatable bonds is 8. The molecule has 112 valence electrons. The third-order valence-electron chi connectivity index (χ3n) is 2.64. The average Bonchev–Trinajstić information content (AvgIpc) is 2.42. The molecule has 0 spiro atoms. The van der Waals surface area contributed by atoms with E-state index in [1.54, 1.807) is 19.3 Å². The van der Waals surface area contributed by atoms with E-state index in [0.29, 0.717) is 17.9 Å². The molecule has 1 aromatic rings. The average molecular weight is 344 g/mol. The summed E-state index contributed by atoms with van der Waals surface area (Å²) in [5, 5.41) is 5.81. The van der Waals surface area contributed by atoms with Crippen LogP contribution in [0.15, 0.2) is 16.7 Å². The Bertz CT molecular complexity index is 438. The van der Waals surface area contributed by atoms with Gasteiger partial charge in [0.2, 0.25) is 0 Å². The Morgan fingerprint density at radius 1 is 1.45 bits per heavy atom. The van der Waals surface area contributed by atoms with Crippen LogP contribution >= 0.6 is 15.9 Å². The maximum Gasteiger partial charge on any atom is 0.255 e. The summed E-state index contributed by atoms with van der Waals surface area (Å²) < 4.78 is 6.23. The van der Waals surface area contributed by atoms with E-state index in [1.807, 2.05) is 13.8 Å². The molecule has 0 fully saturated rings. The van der Waals surface area contributed by atoms with E-state index in [-0.39, 0.29) is 12.0 Å². The Labute approximate surface area is 128 Å². The minimum absolute atomic E-state index is 0.118. The lowest BCUT2D eigenvalue weighted by Gasteiger charge is -2.10. The molecule has 0 radical (unpaired) electrons. The van der Waals surface area contributed by atoms with Gasteiger partial charge < -0.3 is 15.4 Å². The SMILES string of the molecule is CNc1ncc(Br)cc1C(=O)NCCCCOC(C)C. The normalized spacial score (nSPS) is 10.7. The molecular weight excluding hydrogens is 322 g/mol. The maximum absolute atomic E-state index is 12.1. The van der Waals surface area contributed by atoms with Crippen LogP contribution in [0.3, 0.4) is 0 Å². The van der Waals surface area contributed by atoms with Gasteiger partial charge in [-0.25, -0.2) is 4.98 Å². The van der Waals surface area contributed by atoms with Gasteiger partial charge in [0.05, 0.1) is 11.7 Å². The van der Waals surface area contributed by atoms with E-state index >= 15 is 0 Å². The van der Waals surface area contributed by atoms with Crippen LogP contribution in [0.4, 0.5) is 5.82 Å². The molecule has 1 heterocycles. The predicted octanol–water partition coefficient (Wildman–Crippen LogP) is 2.82. The highest BCUT2D eigenvalue weighted by atomic mass is 79.9. The van der Waals surface area contributed by atoms with Crippen LogP contribution in [0.1, 0.15) is 37.0 Å². The molecular formula is C14H22BrN3O2. The molecule has 1 aromatic heterocycles. The molecule has 0 aliphatic heterocycles. The summed E-state index contributed by atoms with van der Waals surface area (Å²) in [6.45, 7) is 5.40. The molecule has 2 N–H and O–H groups in total. The molecule has 0 aliphatic rings. The monoisotopic (exact) mass is 343 g/mol. The fourth-order valence-electron chi connectivity index (χ4n) is 1.65. The minimum Gasteiger partial charge on any atom is -0.379 e. The first kappa shape index (κ1) is 16.9. The Kier molecular flexibility index (Phi) is 7.54. The lowest BCUT2D eigenvalue weighted by molar-refractivity contribution is 0.0754. The summed E-state index contributed by atoms with van der Waals surface area (Å²) in [5.74, 6) is 0.460. The number of hydrogen-bond acceptors (Lipinski definition) is 4. The quantitative estimate of drug-likeness (QED) is 0.712. The lowest BCUT2D eigenvalue weighted by atomic mass is 10.2. The van der Waals surface area contributed by atoms with Gasteiger partial charge in [-0.2, -0.15) is 0 Å². The number of pyridine rings is 1. The molecule has 1 amide bonds. The number of nitrogens with one attached hydrogen (secondary N) is 2. The Morgan fingerprint density at radius 3 is 2.85 bits per heavy atom. The number of nitrogens with zero attached hydrogens (tertiary/aromatic N) is 1. The van der Waals surface area contributed by atoms with E-state index in [4.69, 9.17) is 4.74 Å². The van der Waals surface area contributed by atoms with Crippen molar-refractivity contribution in [1.29, 1.82) is 0 Å². The summed E-state index contributed by atoms with van der Waals surface area (Å²) in [6, 6.07) is 1.76. The van der Waals surface area contributed by atoms with Crippen LogP contribution in [0.2, 0.25) is 0 Å². The number of carbonyl (C=O) groups is 1. The third-order valence-corrected chi connectivity index (χ3v) is 3.08. The largest absolute Gasteiger partial charge is 0.379 e. The van der Waals surface area contributed by atoms with Crippen molar-refractivity contribution in [2.24, 2.45) is 0 Å². The zero-order valence-corrected chi connectivity index (χ0v) is 13.8. The van der Waals surface area contributed by atoms with Crippen LogP contribution in [-0.4, -0.2) is 37.2 Å². The molecule has 0 unspecified atom stereocenters. The first-order valence-corrected chi connectivity index (χ1v) is 7.57. The topological polar surface area (TPSA) is 63.2 Å². The number of aromatic nitrogens is 1. The molecule has 6 heteroatoms. The van der Waals surface area contributed by atoms with E-state index < -0.39 is 0 Å². The molecule has 0 bridgehead atoms. The summed E-state index contributed by atoms with van der Waals surface area (Å²) in [5.41, 5.74) is 0.542. The Balaban J connectivity index is 2.37. The molecule has 5 nitrogen and oxygen atoms in total. The molecule has 1 rings (SSSR count). The van der Waals surface area contributed by atoms with Gasteiger partial charge in [-0.15, -0.1) is 0 Å². The van der Waals surface area contributed by atoms with Gasteiger partial charge in [-0.3, -0.25) is 4.79 Å². The molecule has 0 atom stereocenters. The first-order valence-electron chi connectivity index (χ1n) is 6.77. The van der Waals surface area contributed by atoms with Gasteiger partial charge in [0, 0.05) is 30.9 Å². The van der Waals surface area contributed by atoms with E-state index in [0.717, 1.165) is 23.9 Å². The maximum atomic E-state index is 12.1. The number of halogens is 1. The number of hydrogen-bond donors (Lipinski definition) is 2. The fraction of sp³-hybridized carbons (Fsp3) is 0.571. The van der Waals surface area contributed by atoms with E-state index in [1.165, 1.54) is 0 Å². The van der Waals surface area contributed by atoms with E-state index in [2.05, 4.69) is 31.5 Å². The summed E-state index contributed by atoms with van der Waals surface area (Å²) >= 11 is 3.32. The minimum atomic E-state index is -0.118. The third kappa shape index (κ3) is 5.88. The zero-order valence-electron chi connectivity index (χ0n) is 12.2. The number of anilines is 1. The van der Waals surface area contributed by atoms with Gasteiger partial charge >= 0.3 is 0 Å². The molecule has 0 saturated heterocycles. The number of carbonyl (C=O) groups excluding carboxylic acids is 1. The van der Waals surface area contributed by atoms with Crippen molar-refractivity contribution >= 4 is 27.7 Å². The summed E-state index contributed by atoms with van der Waals surface area (Å²) in [7, 11) is 1.75. The summed E-state index contributed by atoms with van der Waals surface area (Å²) in [4.78, 5) is 16.2. The molecule has 0 aliphatic carbocycles. The number of unbranched alkanes of at least 4 members (excludes halogenated alkanes) is 1. The predicted molar refractivity (Wildman–Crippen MR) is 84.1 cm³/mol. The van der Waals surface area contributed by atoms with Crippen molar-refractivity contribution in [1.82, 2.24) is 10.3 Å². The van der Waals surface area contributed by atoms with Gasteiger partial charge in [-0.1, -0.05) is 0 Å². The molecule has 0 aromatic carbocycles. The van der Waals surface area contributed by atoms with Crippen molar-refractivity contribution in [3.05, 3.63) is 22.3 Å². The highest BCUT2D eigenvalue weighted by Gasteiger charge is 2.11. The van der Waals surface area contributed by atoms with Crippen molar-refractivity contribution in [2.75, 3.05) is 25.5 Å². The van der Waals surface area contributed by atoms with Gasteiger partial charge in [0.25, 0.3) is 5.91 Å². The molecule has 20 heavy (non-hydrogen) atoms. The number of amides is 1. The van der Waals surface area contributed by atoms with Crippen molar-refractivity contribution < 1.29 is 9.53 Å². The second kappa shape index (κ2) is 8.92. The fourth-order valence-corrected chi connectivity index (χ4v) is 1.99. The second-order valence-corrected chi connectivity index (χ2v) is 5.60. The first-order chi connectivity index (χ1) is 9.54. The van der Waals surface area contributed by atoms with Crippen molar-refractivity contribution in [3.63, 3.8) is 0 Å².